The van der Waals surface area contributed by atoms with Crippen LogP contribution in [-0.2, 0) is 0 Å². The molecule has 0 aliphatic carbocycles. The number of nitrogens with one attached hydrogen (secondary N) is 1. The number of hydrogen-bond donors (Lipinski definition) is 2. The molecule has 3 nitrogen and oxygen atoms in total. The zero-order chi connectivity index (χ0) is 12.3. The first-order chi connectivity index (χ1) is 7.11. The second-order valence-corrected chi connectivity index (χ2v) is 2.44. The Bertz CT molecular complexity index is 279. The van der Waals surface area contributed by atoms with Crippen molar-refractivity contribution in [2.24, 2.45) is 10.7 Å². The number of rotatable bonds is 3. The van der Waals surface area contributed by atoms with E-state index in [0.717, 1.165) is 5.57 Å². The van der Waals surface area contributed by atoms with Crippen LogP contribution >= 0.6 is 0 Å². The van der Waals surface area contributed by atoms with Crippen molar-refractivity contribution in [1.29, 1.82) is 5.41 Å². The number of aliphatic imine (C=N–C) groups is 1. The van der Waals surface area contributed by atoms with Gasteiger partial charge in [-0.2, -0.15) is 0 Å². The van der Waals surface area contributed by atoms with Gasteiger partial charge in [-0.05, 0) is 13.8 Å². The molecule has 0 saturated heterocycles. The lowest BCUT2D eigenvalue weighted by Crippen LogP contribution is -2.09. The molecule has 0 aromatic carbocycles. The molecule has 3 heteroatoms. The predicted octanol–water partition coefficient (Wildman–Crippen LogP) is 3.06. The quantitative estimate of drug-likeness (QED) is 0.417. The Morgan fingerprint density at radius 2 is 1.93 bits per heavy atom. The molecular formula is C12H21N3. The maximum Gasteiger partial charge on any atom is 0.153 e. The highest BCUT2D eigenvalue weighted by molar-refractivity contribution is 6.05. The molecular weight excluding hydrogens is 186 g/mol. The number of nitrogens with zero attached hydrogens (tertiary/aromatic N) is 1. The average molecular weight is 207 g/mol. The zero-order valence-corrected chi connectivity index (χ0v) is 10.0. The normalized spacial score (nSPS) is 12.0. The minimum Gasteiger partial charge on any atom is -0.387 e. The van der Waals surface area contributed by atoms with Crippen LogP contribution in [0.1, 0.15) is 27.7 Å². The molecule has 0 rings (SSSR count). The summed E-state index contributed by atoms with van der Waals surface area (Å²) in [6.45, 7) is 11.0. The van der Waals surface area contributed by atoms with E-state index < -0.39 is 0 Å². The lowest BCUT2D eigenvalue weighted by molar-refractivity contribution is 1.39. The third-order valence-electron chi connectivity index (χ3n) is 1.28. The van der Waals surface area contributed by atoms with Gasteiger partial charge in [0.05, 0.1) is 5.84 Å². The van der Waals surface area contributed by atoms with E-state index in [2.05, 4.69) is 11.6 Å². The van der Waals surface area contributed by atoms with Gasteiger partial charge in [-0.3, -0.25) is 5.41 Å². The summed E-state index contributed by atoms with van der Waals surface area (Å²) in [6.07, 6.45) is 6.97. The van der Waals surface area contributed by atoms with Gasteiger partial charge in [-0.1, -0.05) is 44.7 Å². The molecule has 0 aliphatic heterocycles. The Balaban J connectivity index is 0. The average Bonchev–Trinajstić information content (AvgIpc) is 2.21. The van der Waals surface area contributed by atoms with Crippen molar-refractivity contribution in [3.8, 4) is 0 Å². The molecule has 0 heterocycles. The van der Waals surface area contributed by atoms with Gasteiger partial charge in [0.25, 0.3) is 0 Å². The molecule has 3 N–H and O–H groups in total. The second-order valence-electron chi connectivity index (χ2n) is 2.44. The van der Waals surface area contributed by atoms with Crippen LogP contribution in [-0.4, -0.2) is 11.7 Å². The van der Waals surface area contributed by atoms with Crippen molar-refractivity contribution < 1.29 is 0 Å². The summed E-state index contributed by atoms with van der Waals surface area (Å²) in [4.78, 5) is 3.83. The van der Waals surface area contributed by atoms with Crippen LogP contribution in [0.4, 0.5) is 0 Å². The fourth-order valence-corrected chi connectivity index (χ4v) is 0.724. The first-order valence-corrected chi connectivity index (χ1v) is 4.97. The van der Waals surface area contributed by atoms with Crippen LogP contribution in [0.25, 0.3) is 0 Å². The fourth-order valence-electron chi connectivity index (χ4n) is 0.724. The maximum absolute atomic E-state index is 7.53. The fraction of sp³-hybridized carbons (Fsp3) is 0.333. The molecule has 15 heavy (non-hydrogen) atoms. The lowest BCUT2D eigenvalue weighted by Gasteiger charge is -1.98. The monoisotopic (exact) mass is 207 g/mol. The number of amidine groups is 2. The van der Waals surface area contributed by atoms with Crippen molar-refractivity contribution in [2.45, 2.75) is 27.7 Å². The van der Waals surface area contributed by atoms with E-state index in [1.54, 1.807) is 31.2 Å². The molecule has 0 aromatic rings. The molecule has 0 aliphatic rings. The number of hydrogen-bond acceptors (Lipinski definition) is 1. The van der Waals surface area contributed by atoms with Crippen LogP contribution in [0, 0.1) is 5.41 Å². The second kappa shape index (κ2) is 10.4. The number of allylic oxidation sites excluding steroid dienone is 3. The van der Waals surface area contributed by atoms with Gasteiger partial charge in [0, 0.05) is 5.57 Å². The molecule has 0 aromatic heterocycles. The zero-order valence-electron chi connectivity index (χ0n) is 10.0. The van der Waals surface area contributed by atoms with Crippen molar-refractivity contribution in [3.63, 3.8) is 0 Å². The predicted molar refractivity (Wildman–Crippen MR) is 69.5 cm³/mol. The summed E-state index contributed by atoms with van der Waals surface area (Å²) in [5.74, 6) is 0.553. The Hall–Kier alpha value is -1.64. The van der Waals surface area contributed by atoms with Gasteiger partial charge in [0.1, 0.15) is 0 Å². The highest BCUT2D eigenvalue weighted by Crippen LogP contribution is 2.00. The minimum atomic E-state index is 0.167. The van der Waals surface area contributed by atoms with Gasteiger partial charge in [0.15, 0.2) is 5.84 Å². The largest absolute Gasteiger partial charge is 0.387 e. The van der Waals surface area contributed by atoms with Crippen LogP contribution in [0.2, 0.25) is 0 Å². The standard InChI is InChI=1S/C10H15N3.C2H6/c1-4-6-7-9(5-2)10(12)13-8(3)11;1-2/h4-7H,1H2,2-3H3,(H3,11,12,13);1-2H3/b7-6-,9-5+;. The molecule has 0 amide bonds. The Kier molecular flexibility index (Phi) is 11.0. The molecule has 0 spiro atoms. The SMILES string of the molecule is C=C/C=C\C(=C/C)C(=N)N=C(C)N.CC. The van der Waals surface area contributed by atoms with E-state index in [9.17, 15) is 0 Å². The molecule has 0 saturated carbocycles. The third kappa shape index (κ3) is 8.68. The first kappa shape index (κ1) is 15.8. The molecule has 0 atom stereocenters. The third-order valence-corrected chi connectivity index (χ3v) is 1.28. The van der Waals surface area contributed by atoms with E-state index in [1.807, 2.05) is 20.8 Å². The summed E-state index contributed by atoms with van der Waals surface area (Å²) in [7, 11) is 0. The maximum atomic E-state index is 7.53. The Morgan fingerprint density at radius 3 is 2.27 bits per heavy atom. The smallest absolute Gasteiger partial charge is 0.153 e. The topological polar surface area (TPSA) is 62.2 Å². The van der Waals surface area contributed by atoms with E-state index in [1.165, 1.54) is 0 Å². The van der Waals surface area contributed by atoms with Crippen molar-refractivity contribution in [2.75, 3.05) is 0 Å². The Morgan fingerprint density at radius 1 is 1.40 bits per heavy atom. The van der Waals surface area contributed by atoms with Gasteiger partial charge >= 0.3 is 0 Å². The summed E-state index contributed by atoms with van der Waals surface area (Å²) in [5.41, 5.74) is 6.08. The van der Waals surface area contributed by atoms with E-state index in [-0.39, 0.29) is 5.84 Å². The summed E-state index contributed by atoms with van der Waals surface area (Å²) >= 11 is 0. The van der Waals surface area contributed by atoms with Crippen LogP contribution in [0.15, 0.2) is 41.4 Å². The van der Waals surface area contributed by atoms with Crippen molar-refractivity contribution in [3.05, 3.63) is 36.5 Å². The highest BCUT2D eigenvalue weighted by Gasteiger charge is 1.97. The molecule has 0 unspecified atom stereocenters. The van der Waals surface area contributed by atoms with Crippen LogP contribution in [0.5, 0.6) is 0 Å². The van der Waals surface area contributed by atoms with Gasteiger partial charge < -0.3 is 5.73 Å². The van der Waals surface area contributed by atoms with Crippen LogP contribution in [0.3, 0.4) is 0 Å². The molecule has 84 valence electrons. The highest BCUT2D eigenvalue weighted by atomic mass is 14.9. The summed E-state index contributed by atoms with van der Waals surface area (Å²) in [5, 5.41) is 7.53. The van der Waals surface area contributed by atoms with Gasteiger partial charge in [0.2, 0.25) is 0 Å². The van der Waals surface area contributed by atoms with Crippen LogP contribution < -0.4 is 5.73 Å². The van der Waals surface area contributed by atoms with E-state index in [4.69, 9.17) is 11.1 Å². The summed E-state index contributed by atoms with van der Waals surface area (Å²) in [6, 6.07) is 0. The van der Waals surface area contributed by atoms with Gasteiger partial charge in [-0.25, -0.2) is 4.99 Å². The first-order valence-electron chi connectivity index (χ1n) is 4.97. The molecule has 0 bridgehead atoms. The van der Waals surface area contributed by atoms with E-state index >= 15 is 0 Å². The lowest BCUT2D eigenvalue weighted by atomic mass is 10.2. The minimum absolute atomic E-state index is 0.167. The number of nitrogens with two attached hydrogens (primary N) is 1. The van der Waals surface area contributed by atoms with Crippen molar-refractivity contribution in [1.82, 2.24) is 0 Å². The van der Waals surface area contributed by atoms with E-state index in [0.29, 0.717) is 5.84 Å². The summed E-state index contributed by atoms with van der Waals surface area (Å²) < 4.78 is 0. The van der Waals surface area contributed by atoms with Gasteiger partial charge in [-0.15, -0.1) is 0 Å². The Labute approximate surface area is 92.6 Å². The van der Waals surface area contributed by atoms with Crippen molar-refractivity contribution >= 4 is 11.7 Å². The molecule has 0 radical (unpaired) electrons. The molecule has 0 fully saturated rings.